The van der Waals surface area contributed by atoms with Crippen molar-refractivity contribution in [2.24, 2.45) is 0 Å². The molecule has 0 radical (unpaired) electrons. The van der Waals surface area contributed by atoms with E-state index in [4.69, 9.17) is 4.74 Å². The van der Waals surface area contributed by atoms with Crippen LogP contribution in [0.25, 0.3) is 0 Å². The number of carbonyl (C=O) groups is 1. The summed E-state index contributed by atoms with van der Waals surface area (Å²) in [6, 6.07) is 7.20. The van der Waals surface area contributed by atoms with Gasteiger partial charge in [-0.05, 0) is 30.3 Å². The Labute approximate surface area is 165 Å². The van der Waals surface area contributed by atoms with Crippen LogP contribution >= 0.6 is 0 Å². The molecule has 2 heterocycles. The number of halogens is 3. The zero-order valence-corrected chi connectivity index (χ0v) is 16.4. The van der Waals surface area contributed by atoms with Gasteiger partial charge in [-0.3, -0.25) is 4.79 Å². The lowest BCUT2D eigenvalue weighted by Crippen LogP contribution is -2.56. The Kier molecular flexibility index (Phi) is 5.54. The van der Waals surface area contributed by atoms with E-state index in [9.17, 15) is 26.4 Å². The molecular weight excluding hydrogens is 411 g/mol. The largest absolute Gasteiger partial charge is 0.471 e. The third kappa shape index (κ3) is 4.51. The summed E-state index contributed by atoms with van der Waals surface area (Å²) in [6.45, 7) is 0.378. The molecule has 1 aliphatic rings. The highest BCUT2D eigenvalue weighted by Gasteiger charge is 2.35. The summed E-state index contributed by atoms with van der Waals surface area (Å²) >= 11 is 0. The molecule has 1 fully saturated rings. The number of rotatable bonds is 5. The molecule has 0 saturated carbocycles. The zero-order valence-electron chi connectivity index (χ0n) is 15.5. The van der Waals surface area contributed by atoms with Crippen LogP contribution in [0.5, 0.6) is 5.88 Å². The number of pyridine rings is 1. The average Bonchev–Trinajstić information content (AvgIpc) is 2.63. The highest BCUT2D eigenvalue weighted by atomic mass is 32.2. The normalized spacial score (nSPS) is 15.3. The second kappa shape index (κ2) is 7.64. The molecule has 0 bridgehead atoms. The summed E-state index contributed by atoms with van der Waals surface area (Å²) in [6.07, 6.45) is -3.94. The van der Waals surface area contributed by atoms with Crippen molar-refractivity contribution in [3.63, 3.8) is 0 Å². The van der Waals surface area contributed by atoms with E-state index < -0.39 is 27.9 Å². The van der Waals surface area contributed by atoms with Crippen LogP contribution < -0.4 is 4.74 Å². The molecule has 1 amide bonds. The van der Waals surface area contributed by atoms with Crippen LogP contribution in [0, 0.1) is 0 Å². The van der Waals surface area contributed by atoms with Crippen LogP contribution in [-0.2, 0) is 16.2 Å². The number of hydrogen-bond donors (Lipinski definition) is 0. The first-order valence-electron chi connectivity index (χ1n) is 8.50. The van der Waals surface area contributed by atoms with E-state index in [0.717, 1.165) is 22.6 Å². The molecule has 2 aromatic rings. The molecule has 0 N–H and O–H groups in total. The number of aromatic nitrogens is 1. The second-order valence-corrected chi connectivity index (χ2v) is 8.79. The molecule has 1 aromatic heterocycles. The van der Waals surface area contributed by atoms with Gasteiger partial charge in [-0.15, -0.1) is 0 Å². The molecule has 11 heteroatoms. The fourth-order valence-corrected chi connectivity index (χ4v) is 3.56. The van der Waals surface area contributed by atoms with Gasteiger partial charge in [0.2, 0.25) is 15.9 Å². The molecule has 1 saturated heterocycles. The lowest BCUT2D eigenvalue weighted by molar-refractivity contribution is -0.137. The van der Waals surface area contributed by atoms with Crippen molar-refractivity contribution in [3.05, 3.63) is 53.7 Å². The maximum Gasteiger partial charge on any atom is 0.416 e. The van der Waals surface area contributed by atoms with Crippen LogP contribution in [-0.4, -0.2) is 61.8 Å². The lowest BCUT2D eigenvalue weighted by atomic mass is 10.1. The molecule has 1 aliphatic heterocycles. The standard InChI is InChI=1S/C18H18F3N3O4S/c1-23(2)29(26,27)15-5-3-12(4-6-15)17(25)24-10-14(11-24)28-16-9-13(7-8-22-16)18(19,20)21/h3-9,14H,10-11H2,1-2H3. The minimum Gasteiger partial charge on any atom is -0.471 e. The van der Waals surface area contributed by atoms with E-state index in [-0.39, 0.29) is 29.8 Å². The summed E-state index contributed by atoms with van der Waals surface area (Å²) in [4.78, 5) is 17.7. The minimum absolute atomic E-state index is 0.0690. The second-order valence-electron chi connectivity index (χ2n) is 6.64. The Morgan fingerprint density at radius 3 is 2.34 bits per heavy atom. The molecule has 29 heavy (non-hydrogen) atoms. The first-order valence-corrected chi connectivity index (χ1v) is 9.94. The van der Waals surface area contributed by atoms with Gasteiger partial charge in [-0.25, -0.2) is 17.7 Å². The predicted octanol–water partition coefficient (Wildman–Crippen LogP) is 2.25. The number of likely N-dealkylation sites (tertiary alicyclic amines) is 1. The van der Waals surface area contributed by atoms with Crippen molar-refractivity contribution in [2.75, 3.05) is 27.2 Å². The summed E-state index contributed by atoms with van der Waals surface area (Å²) in [7, 11) is -0.766. The average molecular weight is 429 g/mol. The maximum atomic E-state index is 12.7. The van der Waals surface area contributed by atoms with Crippen molar-refractivity contribution in [3.8, 4) is 5.88 Å². The highest BCUT2D eigenvalue weighted by Crippen LogP contribution is 2.31. The molecule has 156 valence electrons. The molecule has 0 aliphatic carbocycles. The zero-order chi connectivity index (χ0) is 21.4. The quantitative estimate of drug-likeness (QED) is 0.729. The van der Waals surface area contributed by atoms with Crippen LogP contribution in [0.3, 0.4) is 0 Å². The number of carbonyl (C=O) groups excluding carboxylic acids is 1. The van der Waals surface area contributed by atoms with Gasteiger partial charge in [0.15, 0.2) is 0 Å². The molecule has 3 rings (SSSR count). The Hall–Kier alpha value is -2.66. The van der Waals surface area contributed by atoms with E-state index in [1.807, 2.05) is 0 Å². The first kappa shape index (κ1) is 21.1. The Bertz CT molecular complexity index is 1000. The molecule has 1 aromatic carbocycles. The van der Waals surface area contributed by atoms with Gasteiger partial charge in [0.25, 0.3) is 5.91 Å². The molecule has 7 nitrogen and oxygen atoms in total. The lowest BCUT2D eigenvalue weighted by Gasteiger charge is -2.38. The monoisotopic (exact) mass is 429 g/mol. The van der Waals surface area contributed by atoms with Crippen molar-refractivity contribution in [2.45, 2.75) is 17.2 Å². The predicted molar refractivity (Wildman–Crippen MR) is 96.9 cm³/mol. The van der Waals surface area contributed by atoms with E-state index in [1.165, 1.54) is 43.3 Å². The van der Waals surface area contributed by atoms with Crippen molar-refractivity contribution >= 4 is 15.9 Å². The topological polar surface area (TPSA) is 79.8 Å². The summed E-state index contributed by atoms with van der Waals surface area (Å²) in [5, 5.41) is 0. The van der Waals surface area contributed by atoms with Crippen molar-refractivity contribution < 1.29 is 31.1 Å². The number of hydrogen-bond acceptors (Lipinski definition) is 5. The summed E-state index contributed by atoms with van der Waals surface area (Å²) in [5.74, 6) is -0.481. The Balaban J connectivity index is 1.59. The smallest absolute Gasteiger partial charge is 0.416 e. The van der Waals surface area contributed by atoms with Gasteiger partial charge in [-0.2, -0.15) is 13.2 Å². The van der Waals surface area contributed by atoms with Gasteiger partial charge >= 0.3 is 6.18 Å². The van der Waals surface area contributed by atoms with Crippen LogP contribution in [0.15, 0.2) is 47.5 Å². The fourth-order valence-electron chi connectivity index (χ4n) is 2.66. The number of sulfonamides is 1. The van der Waals surface area contributed by atoms with Gasteiger partial charge in [-0.1, -0.05) is 0 Å². The van der Waals surface area contributed by atoms with Crippen molar-refractivity contribution in [1.82, 2.24) is 14.2 Å². The fraction of sp³-hybridized carbons (Fsp3) is 0.333. The van der Waals surface area contributed by atoms with Gasteiger partial charge < -0.3 is 9.64 Å². The third-order valence-corrected chi connectivity index (χ3v) is 6.19. The van der Waals surface area contributed by atoms with Crippen LogP contribution in [0.4, 0.5) is 13.2 Å². The van der Waals surface area contributed by atoms with E-state index in [1.54, 1.807) is 0 Å². The van der Waals surface area contributed by atoms with Crippen LogP contribution in [0.2, 0.25) is 0 Å². The third-order valence-electron chi connectivity index (χ3n) is 4.36. The molecule has 0 unspecified atom stereocenters. The summed E-state index contributed by atoms with van der Waals surface area (Å²) < 4.78 is 68.8. The Morgan fingerprint density at radius 1 is 1.17 bits per heavy atom. The van der Waals surface area contributed by atoms with E-state index in [0.29, 0.717) is 5.56 Å². The maximum absolute atomic E-state index is 12.7. The van der Waals surface area contributed by atoms with Crippen LogP contribution in [0.1, 0.15) is 15.9 Å². The van der Waals surface area contributed by atoms with Gasteiger partial charge in [0, 0.05) is 31.9 Å². The molecular formula is C18H18F3N3O4S. The van der Waals surface area contributed by atoms with Gasteiger partial charge in [0.1, 0.15) is 6.10 Å². The van der Waals surface area contributed by atoms with E-state index >= 15 is 0 Å². The number of amides is 1. The molecule has 0 spiro atoms. The number of benzene rings is 1. The van der Waals surface area contributed by atoms with E-state index in [2.05, 4.69) is 4.98 Å². The number of alkyl halides is 3. The summed E-state index contributed by atoms with van der Waals surface area (Å²) in [5.41, 5.74) is -0.555. The number of ether oxygens (including phenoxy) is 1. The molecule has 0 atom stereocenters. The number of nitrogens with zero attached hydrogens (tertiary/aromatic N) is 3. The Morgan fingerprint density at radius 2 is 1.79 bits per heavy atom. The highest BCUT2D eigenvalue weighted by molar-refractivity contribution is 7.89. The SMILES string of the molecule is CN(C)S(=O)(=O)c1ccc(C(=O)N2CC(Oc3cc(C(F)(F)F)ccn3)C2)cc1. The minimum atomic E-state index is -4.49. The van der Waals surface area contributed by atoms with Crippen molar-refractivity contribution in [1.29, 1.82) is 0 Å². The first-order chi connectivity index (χ1) is 13.5. The van der Waals surface area contributed by atoms with Gasteiger partial charge in [0.05, 0.1) is 23.5 Å².